The predicted molar refractivity (Wildman–Crippen MR) is 69.7 cm³/mol. The van der Waals surface area contributed by atoms with Gasteiger partial charge >= 0.3 is 0 Å². The summed E-state index contributed by atoms with van der Waals surface area (Å²) in [5.74, 6) is 0.676. The highest BCUT2D eigenvalue weighted by atomic mass is 35.5. The Morgan fingerprint density at radius 1 is 1.31 bits per heavy atom. The van der Waals surface area contributed by atoms with E-state index in [4.69, 9.17) is 27.9 Å². The predicted octanol–water partition coefficient (Wildman–Crippen LogP) is 3.62. The van der Waals surface area contributed by atoms with Gasteiger partial charge in [0.15, 0.2) is 0 Å². The van der Waals surface area contributed by atoms with Crippen LogP contribution in [0.15, 0.2) is 18.2 Å². The molecule has 1 N–H and O–H groups in total. The van der Waals surface area contributed by atoms with Crippen LogP contribution in [0.3, 0.4) is 0 Å². The minimum atomic E-state index is 0.0672. The maximum Gasteiger partial charge on any atom is 0.138 e. The van der Waals surface area contributed by atoms with Gasteiger partial charge in [-0.2, -0.15) is 0 Å². The molecule has 0 aliphatic rings. The first kappa shape index (κ1) is 13.6. The molecule has 2 nitrogen and oxygen atoms in total. The molecule has 0 bridgehead atoms. The Morgan fingerprint density at radius 3 is 2.56 bits per heavy atom. The third-order valence-corrected chi connectivity index (χ3v) is 2.70. The maximum atomic E-state index is 6.01. The first-order chi connectivity index (χ1) is 7.44. The van der Waals surface area contributed by atoms with Crippen molar-refractivity contribution >= 4 is 23.2 Å². The van der Waals surface area contributed by atoms with Crippen molar-refractivity contribution in [3.63, 3.8) is 0 Å². The van der Waals surface area contributed by atoms with E-state index in [2.05, 4.69) is 19.2 Å². The van der Waals surface area contributed by atoms with Crippen LogP contribution in [0.25, 0.3) is 0 Å². The maximum absolute atomic E-state index is 6.01. The van der Waals surface area contributed by atoms with Crippen molar-refractivity contribution in [3.8, 4) is 5.75 Å². The van der Waals surface area contributed by atoms with Crippen molar-refractivity contribution in [1.82, 2.24) is 5.32 Å². The van der Waals surface area contributed by atoms with Crippen LogP contribution in [0.2, 0.25) is 10.0 Å². The number of halogens is 2. The van der Waals surface area contributed by atoms with Gasteiger partial charge in [0.1, 0.15) is 5.75 Å². The van der Waals surface area contributed by atoms with Crippen LogP contribution >= 0.6 is 23.2 Å². The van der Waals surface area contributed by atoms with Crippen LogP contribution in [-0.4, -0.2) is 20.2 Å². The van der Waals surface area contributed by atoms with Crippen molar-refractivity contribution in [2.45, 2.75) is 13.8 Å². The van der Waals surface area contributed by atoms with Crippen molar-refractivity contribution < 1.29 is 4.74 Å². The summed E-state index contributed by atoms with van der Waals surface area (Å²) in [6.07, 6.45) is 0. The van der Waals surface area contributed by atoms with E-state index >= 15 is 0 Å². The molecule has 1 aromatic carbocycles. The molecule has 0 aliphatic heterocycles. The summed E-state index contributed by atoms with van der Waals surface area (Å²) in [6, 6.07) is 5.25. The van der Waals surface area contributed by atoms with E-state index in [9.17, 15) is 0 Å². The summed E-state index contributed by atoms with van der Waals surface area (Å²) in [5, 5.41) is 4.30. The molecule has 1 rings (SSSR count). The average Bonchev–Trinajstić information content (AvgIpc) is 2.16. The lowest BCUT2D eigenvalue weighted by Crippen LogP contribution is -2.32. The Labute approximate surface area is 107 Å². The SMILES string of the molecule is CNCC(C)(C)COc1ccc(Cl)cc1Cl. The fourth-order valence-electron chi connectivity index (χ4n) is 1.39. The molecule has 0 radical (unpaired) electrons. The standard InChI is InChI=1S/C12H17Cl2NO/c1-12(2,7-15-3)8-16-11-5-4-9(13)6-10(11)14/h4-6,15H,7-8H2,1-3H3. The monoisotopic (exact) mass is 261 g/mol. The first-order valence-corrected chi connectivity index (χ1v) is 5.93. The summed E-state index contributed by atoms with van der Waals surface area (Å²) in [5.41, 5.74) is 0.0672. The lowest BCUT2D eigenvalue weighted by Gasteiger charge is -2.24. The lowest BCUT2D eigenvalue weighted by atomic mass is 9.95. The Bertz CT molecular complexity index is 353. The zero-order chi connectivity index (χ0) is 12.2. The summed E-state index contributed by atoms with van der Waals surface area (Å²) >= 11 is 11.8. The smallest absolute Gasteiger partial charge is 0.138 e. The molecule has 0 aliphatic carbocycles. The topological polar surface area (TPSA) is 21.3 Å². The van der Waals surface area contributed by atoms with Gasteiger partial charge in [0.25, 0.3) is 0 Å². The number of benzene rings is 1. The molecule has 0 unspecified atom stereocenters. The van der Waals surface area contributed by atoms with Crippen LogP contribution in [0.1, 0.15) is 13.8 Å². The molecular weight excluding hydrogens is 245 g/mol. The molecule has 0 heterocycles. The molecule has 1 aromatic rings. The zero-order valence-electron chi connectivity index (χ0n) is 9.81. The van der Waals surface area contributed by atoms with Gasteiger partial charge in [-0.15, -0.1) is 0 Å². The third kappa shape index (κ3) is 4.20. The second-order valence-electron chi connectivity index (χ2n) is 4.56. The molecule has 90 valence electrons. The van der Waals surface area contributed by atoms with E-state index in [1.165, 1.54) is 0 Å². The third-order valence-electron chi connectivity index (χ3n) is 2.17. The lowest BCUT2D eigenvalue weighted by molar-refractivity contribution is 0.179. The second kappa shape index (κ2) is 5.76. The fourth-order valence-corrected chi connectivity index (χ4v) is 1.86. The van der Waals surface area contributed by atoms with Gasteiger partial charge in [0, 0.05) is 17.0 Å². The number of ether oxygens (including phenoxy) is 1. The minimum absolute atomic E-state index is 0.0672. The summed E-state index contributed by atoms with van der Waals surface area (Å²) in [7, 11) is 1.93. The van der Waals surface area contributed by atoms with Crippen molar-refractivity contribution in [2.24, 2.45) is 5.41 Å². The summed E-state index contributed by atoms with van der Waals surface area (Å²) < 4.78 is 5.68. The van der Waals surface area contributed by atoms with Crippen LogP contribution in [0.5, 0.6) is 5.75 Å². The summed E-state index contributed by atoms with van der Waals surface area (Å²) in [6.45, 7) is 5.76. The van der Waals surface area contributed by atoms with Gasteiger partial charge in [0.05, 0.1) is 11.6 Å². The van der Waals surface area contributed by atoms with Crippen LogP contribution in [0, 0.1) is 5.41 Å². The van der Waals surface area contributed by atoms with Gasteiger partial charge in [0.2, 0.25) is 0 Å². The average molecular weight is 262 g/mol. The van der Waals surface area contributed by atoms with Crippen LogP contribution < -0.4 is 10.1 Å². The molecule has 0 saturated heterocycles. The van der Waals surface area contributed by atoms with E-state index < -0.39 is 0 Å². The Balaban J connectivity index is 2.61. The highest BCUT2D eigenvalue weighted by molar-refractivity contribution is 6.35. The largest absolute Gasteiger partial charge is 0.491 e. The normalized spacial score (nSPS) is 11.6. The van der Waals surface area contributed by atoms with Gasteiger partial charge in [-0.3, -0.25) is 0 Å². The van der Waals surface area contributed by atoms with Gasteiger partial charge < -0.3 is 10.1 Å². The molecular formula is C12H17Cl2NO. The van der Waals surface area contributed by atoms with E-state index in [1.54, 1.807) is 18.2 Å². The van der Waals surface area contributed by atoms with Gasteiger partial charge in [-0.05, 0) is 25.2 Å². The number of hydrogen-bond acceptors (Lipinski definition) is 2. The first-order valence-electron chi connectivity index (χ1n) is 5.17. The Morgan fingerprint density at radius 2 is 2.00 bits per heavy atom. The van der Waals surface area contributed by atoms with Crippen molar-refractivity contribution in [3.05, 3.63) is 28.2 Å². The quantitative estimate of drug-likeness (QED) is 0.875. The second-order valence-corrected chi connectivity index (χ2v) is 5.40. The highest BCUT2D eigenvalue weighted by Gasteiger charge is 2.18. The molecule has 0 spiro atoms. The van der Waals surface area contributed by atoms with Gasteiger partial charge in [-0.1, -0.05) is 37.0 Å². The minimum Gasteiger partial charge on any atom is -0.491 e. The number of hydrogen-bond donors (Lipinski definition) is 1. The van der Waals surface area contributed by atoms with E-state index in [0.29, 0.717) is 22.4 Å². The molecule has 4 heteroatoms. The van der Waals surface area contributed by atoms with Crippen molar-refractivity contribution in [2.75, 3.05) is 20.2 Å². The zero-order valence-corrected chi connectivity index (χ0v) is 11.3. The Kier molecular flexibility index (Phi) is 4.90. The van der Waals surface area contributed by atoms with Gasteiger partial charge in [-0.25, -0.2) is 0 Å². The molecule has 0 atom stereocenters. The van der Waals surface area contributed by atoms with E-state index in [0.717, 1.165) is 6.54 Å². The van der Waals surface area contributed by atoms with Crippen LogP contribution in [-0.2, 0) is 0 Å². The van der Waals surface area contributed by atoms with Crippen molar-refractivity contribution in [1.29, 1.82) is 0 Å². The molecule has 0 fully saturated rings. The highest BCUT2D eigenvalue weighted by Crippen LogP contribution is 2.28. The van der Waals surface area contributed by atoms with Crippen LogP contribution in [0.4, 0.5) is 0 Å². The summed E-state index contributed by atoms with van der Waals surface area (Å²) in [4.78, 5) is 0. The molecule has 0 aromatic heterocycles. The molecule has 0 amide bonds. The Hall–Kier alpha value is -0.440. The molecule has 16 heavy (non-hydrogen) atoms. The molecule has 0 saturated carbocycles. The number of nitrogens with one attached hydrogen (secondary N) is 1. The fraction of sp³-hybridized carbons (Fsp3) is 0.500. The van der Waals surface area contributed by atoms with E-state index in [1.807, 2.05) is 7.05 Å². The number of rotatable bonds is 5. The van der Waals surface area contributed by atoms with E-state index in [-0.39, 0.29) is 5.41 Å².